The Bertz CT molecular complexity index is 889. The molecule has 6 nitrogen and oxygen atoms in total. The number of halogens is 3. The maximum atomic E-state index is 14.7. The molecule has 2 aliphatic rings. The Morgan fingerprint density at radius 1 is 1.35 bits per heavy atom. The van der Waals surface area contributed by atoms with Crippen LogP contribution in [0, 0.1) is 11.8 Å². The molecule has 0 radical (unpaired) electrons. The molecule has 0 spiro atoms. The van der Waals surface area contributed by atoms with Crippen LogP contribution in [0.3, 0.4) is 0 Å². The third-order valence-corrected chi connectivity index (χ3v) is 4.87. The largest absolute Gasteiger partial charge is 0.507 e. The molecule has 9 heteroatoms. The molecular weight excluding hydrogens is 368 g/mol. The van der Waals surface area contributed by atoms with Crippen LogP contribution in [0.5, 0.6) is 11.5 Å². The number of aromatic nitrogens is 1. The van der Waals surface area contributed by atoms with Gasteiger partial charge < -0.3 is 20.1 Å². The molecule has 3 heterocycles. The third-order valence-electron chi connectivity index (χ3n) is 4.52. The van der Waals surface area contributed by atoms with Gasteiger partial charge in [-0.1, -0.05) is 17.7 Å². The molecule has 136 valence electrons. The minimum atomic E-state index is -1.12. The number of carbonyl (C=O) groups is 1. The fraction of sp³-hybridized carbons (Fsp3) is 0.294. The van der Waals surface area contributed by atoms with Crippen LogP contribution in [-0.2, 0) is 0 Å². The van der Waals surface area contributed by atoms with E-state index in [2.05, 4.69) is 10.3 Å². The summed E-state index contributed by atoms with van der Waals surface area (Å²) in [5.74, 6) is -3.14. The fourth-order valence-corrected chi connectivity index (χ4v) is 3.53. The minimum Gasteiger partial charge on any atom is -0.507 e. The van der Waals surface area contributed by atoms with E-state index in [9.17, 15) is 18.7 Å². The molecule has 2 aromatic rings. The third kappa shape index (κ3) is 2.57. The second-order valence-electron chi connectivity index (χ2n) is 6.07. The number of phenols is 1. The fourth-order valence-electron chi connectivity index (χ4n) is 3.25. The number of carbonyl (C=O) groups excluding carboxylic acids is 1. The van der Waals surface area contributed by atoms with Gasteiger partial charge in [0.25, 0.3) is 5.91 Å². The Balaban J connectivity index is 1.90. The summed E-state index contributed by atoms with van der Waals surface area (Å²) in [5.41, 5.74) is -1.04. The van der Waals surface area contributed by atoms with Crippen molar-refractivity contribution in [1.82, 2.24) is 15.2 Å². The number of hydrogen-bond donors (Lipinski definition) is 2. The minimum absolute atomic E-state index is 0.109. The van der Waals surface area contributed by atoms with E-state index in [1.807, 2.05) is 0 Å². The molecule has 1 amide bonds. The van der Waals surface area contributed by atoms with Crippen LogP contribution in [0.25, 0.3) is 11.3 Å². The topological polar surface area (TPSA) is 74.7 Å². The average molecular weight is 382 g/mol. The molecule has 0 bridgehead atoms. The molecule has 1 aromatic heterocycles. The molecule has 26 heavy (non-hydrogen) atoms. The molecular formula is C17H14ClF2N3O3. The molecule has 4 rings (SSSR count). The van der Waals surface area contributed by atoms with E-state index in [0.717, 1.165) is 6.07 Å². The van der Waals surface area contributed by atoms with Crippen molar-refractivity contribution in [3.05, 3.63) is 40.6 Å². The van der Waals surface area contributed by atoms with Crippen LogP contribution in [-0.4, -0.2) is 53.2 Å². The van der Waals surface area contributed by atoms with E-state index in [-0.39, 0.29) is 40.2 Å². The van der Waals surface area contributed by atoms with Gasteiger partial charge in [-0.15, -0.1) is 0 Å². The van der Waals surface area contributed by atoms with Crippen LogP contribution in [0.1, 0.15) is 10.4 Å². The van der Waals surface area contributed by atoms with Crippen molar-refractivity contribution in [3.63, 3.8) is 0 Å². The first-order valence-electron chi connectivity index (χ1n) is 8.00. The van der Waals surface area contributed by atoms with E-state index in [4.69, 9.17) is 16.3 Å². The quantitative estimate of drug-likeness (QED) is 0.741. The first-order valence-corrected chi connectivity index (χ1v) is 8.38. The van der Waals surface area contributed by atoms with E-state index < -0.39 is 23.4 Å². The monoisotopic (exact) mass is 381 g/mol. The van der Waals surface area contributed by atoms with Crippen LogP contribution < -0.4 is 10.1 Å². The SMILES string of the molecule is O=C1c2c(F)nc(-c3c(O)cccc3F)c(Cl)c2OC[C@H]2CNCCN12. The average Bonchev–Trinajstić information content (AvgIpc) is 2.77. The zero-order valence-corrected chi connectivity index (χ0v) is 14.2. The number of nitrogens with zero attached hydrogens (tertiary/aromatic N) is 2. The predicted octanol–water partition coefficient (Wildman–Crippen LogP) is 2.19. The smallest absolute Gasteiger partial charge is 0.262 e. The molecule has 1 atom stereocenters. The number of piperazine rings is 1. The predicted molar refractivity (Wildman–Crippen MR) is 89.5 cm³/mol. The molecule has 1 fully saturated rings. The maximum absolute atomic E-state index is 14.7. The van der Waals surface area contributed by atoms with Gasteiger partial charge in [0, 0.05) is 19.6 Å². The van der Waals surface area contributed by atoms with Gasteiger partial charge in [0.2, 0.25) is 5.95 Å². The summed E-state index contributed by atoms with van der Waals surface area (Å²) in [6.07, 6.45) is 0. The second kappa shape index (κ2) is 6.37. The zero-order valence-electron chi connectivity index (χ0n) is 13.4. The Kier molecular flexibility index (Phi) is 4.16. The normalized spacial score (nSPS) is 19.4. The highest BCUT2D eigenvalue weighted by molar-refractivity contribution is 6.35. The molecule has 0 saturated carbocycles. The van der Waals surface area contributed by atoms with E-state index in [1.54, 1.807) is 0 Å². The Morgan fingerprint density at radius 2 is 2.15 bits per heavy atom. The van der Waals surface area contributed by atoms with Crippen LogP contribution in [0.2, 0.25) is 5.02 Å². The number of amides is 1. The highest BCUT2D eigenvalue weighted by Crippen LogP contribution is 2.43. The maximum Gasteiger partial charge on any atom is 0.262 e. The zero-order chi connectivity index (χ0) is 18.4. The number of ether oxygens (including phenoxy) is 1. The molecule has 1 aromatic carbocycles. The van der Waals surface area contributed by atoms with Gasteiger partial charge >= 0.3 is 0 Å². The van der Waals surface area contributed by atoms with Gasteiger partial charge in [0.05, 0.1) is 11.6 Å². The number of phenolic OH excluding ortho intramolecular Hbond substituents is 1. The summed E-state index contributed by atoms with van der Waals surface area (Å²) >= 11 is 6.29. The van der Waals surface area contributed by atoms with E-state index in [0.29, 0.717) is 19.6 Å². The van der Waals surface area contributed by atoms with Crippen LogP contribution in [0.4, 0.5) is 8.78 Å². The Labute approximate surface area is 152 Å². The summed E-state index contributed by atoms with van der Waals surface area (Å²) in [6.45, 7) is 1.60. The van der Waals surface area contributed by atoms with Crippen LogP contribution >= 0.6 is 11.6 Å². The van der Waals surface area contributed by atoms with Crippen molar-refractivity contribution < 1.29 is 23.4 Å². The number of fused-ring (bicyclic) bond motifs is 2. The second-order valence-corrected chi connectivity index (χ2v) is 6.45. The van der Waals surface area contributed by atoms with Gasteiger partial charge in [-0.05, 0) is 12.1 Å². The summed E-state index contributed by atoms with van der Waals surface area (Å²) < 4.78 is 34.5. The van der Waals surface area contributed by atoms with Crippen LogP contribution in [0.15, 0.2) is 18.2 Å². The summed E-state index contributed by atoms with van der Waals surface area (Å²) in [5, 5.41) is 12.9. The van der Waals surface area contributed by atoms with Gasteiger partial charge in [-0.2, -0.15) is 4.39 Å². The van der Waals surface area contributed by atoms with Gasteiger partial charge in [-0.25, -0.2) is 9.37 Å². The lowest BCUT2D eigenvalue weighted by Gasteiger charge is -2.33. The first kappa shape index (κ1) is 17.0. The number of hydrogen-bond acceptors (Lipinski definition) is 5. The number of pyridine rings is 1. The Morgan fingerprint density at radius 3 is 2.92 bits per heavy atom. The number of benzene rings is 1. The summed E-state index contributed by atoms with van der Waals surface area (Å²) in [6, 6.07) is 3.35. The van der Waals surface area contributed by atoms with Gasteiger partial charge in [0.1, 0.15) is 34.5 Å². The molecule has 2 aliphatic heterocycles. The first-order chi connectivity index (χ1) is 12.5. The molecule has 1 saturated heterocycles. The van der Waals surface area contributed by atoms with Crippen molar-refractivity contribution in [2.75, 3.05) is 26.2 Å². The van der Waals surface area contributed by atoms with E-state index in [1.165, 1.54) is 17.0 Å². The molecule has 0 unspecified atom stereocenters. The lowest BCUT2D eigenvalue weighted by Crippen LogP contribution is -2.54. The van der Waals surface area contributed by atoms with Gasteiger partial charge in [-0.3, -0.25) is 4.79 Å². The highest BCUT2D eigenvalue weighted by atomic mass is 35.5. The molecule has 2 N–H and O–H groups in total. The number of nitrogens with one attached hydrogen (secondary N) is 1. The van der Waals surface area contributed by atoms with Crippen molar-refractivity contribution in [3.8, 4) is 22.8 Å². The summed E-state index contributed by atoms with van der Waals surface area (Å²) in [4.78, 5) is 18.0. The van der Waals surface area contributed by atoms with E-state index >= 15 is 0 Å². The summed E-state index contributed by atoms with van der Waals surface area (Å²) in [7, 11) is 0. The lowest BCUT2D eigenvalue weighted by molar-refractivity contribution is 0.0603. The van der Waals surface area contributed by atoms with Crippen molar-refractivity contribution >= 4 is 17.5 Å². The lowest BCUT2D eigenvalue weighted by atomic mass is 10.1. The van der Waals surface area contributed by atoms with Crippen molar-refractivity contribution in [1.29, 1.82) is 0 Å². The molecule has 0 aliphatic carbocycles. The van der Waals surface area contributed by atoms with Crippen molar-refractivity contribution in [2.24, 2.45) is 0 Å². The standard InChI is InChI=1S/C17H14ClF2N3O3/c18-13-14(11-9(19)2-1-3-10(11)24)22-16(20)12-15(13)26-7-8-6-21-4-5-23(8)17(12)25/h1-3,8,21,24H,4-7H2/t8-/m1/s1. The highest BCUT2D eigenvalue weighted by Gasteiger charge is 2.37. The van der Waals surface area contributed by atoms with Gasteiger partial charge in [0.15, 0.2) is 5.75 Å². The van der Waals surface area contributed by atoms with Crippen molar-refractivity contribution in [2.45, 2.75) is 6.04 Å². The Hall–Kier alpha value is -2.45. The number of aromatic hydroxyl groups is 1. The number of rotatable bonds is 1.